The maximum Gasteiger partial charge on any atom is 0.341 e. The minimum atomic E-state index is -0.681. The van der Waals surface area contributed by atoms with Crippen LogP contribution in [-0.4, -0.2) is 11.0 Å². The lowest BCUT2D eigenvalue weighted by atomic mass is 9.96. The fourth-order valence-electron chi connectivity index (χ4n) is 4.51. The molecule has 0 fully saturated rings. The Morgan fingerprint density at radius 2 is 1.54 bits per heavy atom. The van der Waals surface area contributed by atoms with Gasteiger partial charge in [-0.1, -0.05) is 66.7 Å². The van der Waals surface area contributed by atoms with E-state index in [0.717, 1.165) is 57.1 Å². The number of carbonyl (C=O) groups is 1. The largest absolute Gasteiger partial charge is 0.472 e. The zero-order valence-electron chi connectivity index (χ0n) is 20.1. The summed E-state index contributed by atoms with van der Waals surface area (Å²) in [6.07, 6.45) is 4.31. The smallest absolute Gasteiger partial charge is 0.341 e. The summed E-state index contributed by atoms with van der Waals surface area (Å²) in [5, 5.41) is 0. The molecule has 0 atom stereocenters. The molecular formula is C31H25BrFNO3. The standard InChI is InChI=1S/C31H25BrFNO3/c32-24-17-27(30(34-18-24)36-19-21-8-3-1-4-9-21)26-13-7-12-25(26)23-14-15-29(33)28(16-23)31(35)37-20-22-10-5-2-6-11-22/h1-6,8-11,14-18H,7,12-13,19-20H2. The van der Waals surface area contributed by atoms with E-state index in [1.54, 1.807) is 18.3 Å². The highest BCUT2D eigenvalue weighted by Crippen LogP contribution is 2.43. The number of esters is 1. The van der Waals surface area contributed by atoms with Crippen LogP contribution in [-0.2, 0) is 18.0 Å². The van der Waals surface area contributed by atoms with Crippen LogP contribution in [0.2, 0.25) is 0 Å². The Hall–Kier alpha value is -3.77. The molecule has 0 amide bonds. The minimum absolute atomic E-state index is 0.0694. The highest BCUT2D eigenvalue weighted by Gasteiger charge is 2.24. The Kier molecular flexibility index (Phi) is 7.76. The van der Waals surface area contributed by atoms with Gasteiger partial charge in [-0.05, 0) is 81.2 Å². The van der Waals surface area contributed by atoms with E-state index < -0.39 is 11.8 Å². The van der Waals surface area contributed by atoms with Gasteiger partial charge in [-0.3, -0.25) is 0 Å². The molecular weight excluding hydrogens is 533 g/mol. The second-order valence-electron chi connectivity index (χ2n) is 8.85. The first-order chi connectivity index (χ1) is 18.1. The van der Waals surface area contributed by atoms with Crippen molar-refractivity contribution in [3.8, 4) is 5.88 Å². The van der Waals surface area contributed by atoms with Crippen LogP contribution in [0.25, 0.3) is 11.1 Å². The molecule has 0 spiro atoms. The van der Waals surface area contributed by atoms with Crippen LogP contribution in [0.4, 0.5) is 4.39 Å². The summed E-state index contributed by atoms with van der Waals surface area (Å²) in [5.41, 5.74) is 5.67. The Bertz CT molecular complexity index is 1440. The minimum Gasteiger partial charge on any atom is -0.472 e. The summed E-state index contributed by atoms with van der Waals surface area (Å²) in [4.78, 5) is 17.3. The molecule has 1 heterocycles. The number of benzene rings is 3. The first-order valence-corrected chi connectivity index (χ1v) is 12.9. The van der Waals surface area contributed by atoms with Crippen LogP contribution in [0.1, 0.15) is 51.9 Å². The van der Waals surface area contributed by atoms with Gasteiger partial charge in [0.15, 0.2) is 0 Å². The molecule has 0 aliphatic heterocycles. The van der Waals surface area contributed by atoms with Gasteiger partial charge < -0.3 is 9.47 Å². The number of nitrogens with zero attached hydrogens (tertiary/aromatic N) is 1. The molecule has 1 aromatic heterocycles. The van der Waals surface area contributed by atoms with E-state index in [1.165, 1.54) is 6.07 Å². The van der Waals surface area contributed by atoms with Gasteiger partial charge in [0.1, 0.15) is 19.0 Å². The van der Waals surface area contributed by atoms with E-state index >= 15 is 0 Å². The van der Waals surface area contributed by atoms with Crippen LogP contribution < -0.4 is 4.74 Å². The van der Waals surface area contributed by atoms with Gasteiger partial charge in [0.05, 0.1) is 5.56 Å². The Labute approximate surface area is 223 Å². The highest BCUT2D eigenvalue weighted by atomic mass is 79.9. The normalized spacial score (nSPS) is 13.0. The highest BCUT2D eigenvalue weighted by molar-refractivity contribution is 9.10. The van der Waals surface area contributed by atoms with Crippen molar-refractivity contribution >= 4 is 33.0 Å². The van der Waals surface area contributed by atoms with Gasteiger partial charge >= 0.3 is 5.97 Å². The van der Waals surface area contributed by atoms with Crippen molar-refractivity contribution in [3.63, 3.8) is 0 Å². The number of hydrogen-bond acceptors (Lipinski definition) is 4. The van der Waals surface area contributed by atoms with Crippen LogP contribution in [0.15, 0.2) is 95.6 Å². The average molecular weight is 558 g/mol. The van der Waals surface area contributed by atoms with Crippen molar-refractivity contribution in [1.82, 2.24) is 4.98 Å². The summed E-state index contributed by atoms with van der Waals surface area (Å²) >= 11 is 3.54. The van der Waals surface area contributed by atoms with E-state index in [-0.39, 0.29) is 12.2 Å². The fourth-order valence-corrected chi connectivity index (χ4v) is 4.84. The molecule has 0 unspecified atom stereocenters. The van der Waals surface area contributed by atoms with Crippen LogP contribution in [0.3, 0.4) is 0 Å². The Morgan fingerprint density at radius 3 is 2.27 bits per heavy atom. The topological polar surface area (TPSA) is 48.4 Å². The lowest BCUT2D eigenvalue weighted by Crippen LogP contribution is -2.08. The molecule has 5 rings (SSSR count). The van der Waals surface area contributed by atoms with Crippen molar-refractivity contribution in [2.45, 2.75) is 32.5 Å². The molecule has 1 aliphatic carbocycles. The van der Waals surface area contributed by atoms with Crippen molar-refractivity contribution < 1.29 is 18.7 Å². The third-order valence-electron chi connectivity index (χ3n) is 6.33. The van der Waals surface area contributed by atoms with Gasteiger partial charge in [0.25, 0.3) is 0 Å². The summed E-state index contributed by atoms with van der Waals surface area (Å²) in [5.74, 6) is -0.733. The predicted octanol–water partition coefficient (Wildman–Crippen LogP) is 8.01. The molecule has 0 saturated heterocycles. The summed E-state index contributed by atoms with van der Waals surface area (Å²) in [6.45, 7) is 0.488. The van der Waals surface area contributed by atoms with E-state index in [0.29, 0.717) is 12.5 Å². The van der Waals surface area contributed by atoms with Gasteiger partial charge in [-0.2, -0.15) is 0 Å². The van der Waals surface area contributed by atoms with E-state index in [2.05, 4.69) is 20.9 Å². The monoisotopic (exact) mass is 557 g/mol. The number of carbonyl (C=O) groups excluding carboxylic acids is 1. The van der Waals surface area contributed by atoms with Gasteiger partial charge in [0.2, 0.25) is 5.88 Å². The van der Waals surface area contributed by atoms with Crippen LogP contribution in [0.5, 0.6) is 5.88 Å². The maximum atomic E-state index is 14.7. The van der Waals surface area contributed by atoms with Crippen molar-refractivity contribution in [3.05, 3.63) is 129 Å². The molecule has 0 bridgehead atoms. The quantitative estimate of drug-likeness (QED) is 0.206. The molecule has 37 heavy (non-hydrogen) atoms. The molecule has 4 aromatic rings. The average Bonchev–Trinajstić information content (AvgIpc) is 3.42. The SMILES string of the molecule is O=C(OCc1ccccc1)c1cc(C2=C(c3cc(Br)cnc3OCc3ccccc3)CCC2)ccc1F. The number of hydrogen-bond donors (Lipinski definition) is 0. The Morgan fingerprint density at radius 1 is 0.865 bits per heavy atom. The maximum absolute atomic E-state index is 14.7. The predicted molar refractivity (Wildman–Crippen MR) is 145 cm³/mol. The van der Waals surface area contributed by atoms with Crippen LogP contribution >= 0.6 is 15.9 Å². The first kappa shape index (κ1) is 24.9. The van der Waals surface area contributed by atoms with Crippen molar-refractivity contribution in [2.24, 2.45) is 0 Å². The number of pyridine rings is 1. The van der Waals surface area contributed by atoms with E-state index in [4.69, 9.17) is 9.47 Å². The first-order valence-electron chi connectivity index (χ1n) is 12.1. The zero-order valence-corrected chi connectivity index (χ0v) is 21.7. The van der Waals surface area contributed by atoms with E-state index in [1.807, 2.05) is 66.7 Å². The van der Waals surface area contributed by atoms with Gasteiger partial charge in [-0.15, -0.1) is 0 Å². The second-order valence-corrected chi connectivity index (χ2v) is 9.76. The molecule has 1 aliphatic rings. The Balaban J connectivity index is 1.44. The molecule has 0 N–H and O–H groups in total. The summed E-state index contributed by atoms with van der Waals surface area (Å²) in [7, 11) is 0. The number of halogens is 2. The van der Waals surface area contributed by atoms with Crippen LogP contribution in [0, 0.1) is 5.82 Å². The molecule has 186 valence electrons. The lowest BCUT2D eigenvalue weighted by molar-refractivity contribution is 0.0467. The molecule has 0 radical (unpaired) electrons. The summed E-state index contributed by atoms with van der Waals surface area (Å²) < 4.78 is 27.1. The van der Waals surface area contributed by atoms with Gasteiger partial charge in [0, 0.05) is 16.2 Å². The number of ether oxygens (including phenoxy) is 2. The molecule has 0 saturated carbocycles. The van der Waals surface area contributed by atoms with Crippen molar-refractivity contribution in [1.29, 1.82) is 0 Å². The third kappa shape index (κ3) is 5.97. The number of aromatic nitrogens is 1. The summed E-state index contributed by atoms with van der Waals surface area (Å²) in [6, 6.07) is 25.9. The lowest BCUT2D eigenvalue weighted by Gasteiger charge is -2.15. The third-order valence-corrected chi connectivity index (χ3v) is 6.76. The fraction of sp³-hybridized carbons (Fsp3) is 0.161. The molecule has 4 nitrogen and oxygen atoms in total. The second kappa shape index (κ2) is 11.5. The zero-order chi connectivity index (χ0) is 25.6. The molecule has 3 aromatic carbocycles. The molecule has 6 heteroatoms. The van der Waals surface area contributed by atoms with Gasteiger partial charge in [-0.25, -0.2) is 14.2 Å². The van der Waals surface area contributed by atoms with Crippen molar-refractivity contribution in [2.75, 3.05) is 0 Å². The number of allylic oxidation sites excluding steroid dienone is 2. The number of rotatable bonds is 8. The van der Waals surface area contributed by atoms with E-state index in [9.17, 15) is 9.18 Å².